The van der Waals surface area contributed by atoms with Crippen molar-refractivity contribution in [3.63, 3.8) is 0 Å². The number of ketones is 1. The minimum atomic E-state index is -0.122. The fourth-order valence-electron chi connectivity index (χ4n) is 4.57. The van der Waals surface area contributed by atoms with E-state index >= 15 is 0 Å². The number of hydrogen-bond donors (Lipinski definition) is 1. The van der Waals surface area contributed by atoms with Gasteiger partial charge in [-0.15, -0.1) is 0 Å². The van der Waals surface area contributed by atoms with Gasteiger partial charge in [0, 0.05) is 23.8 Å². The van der Waals surface area contributed by atoms with Crippen molar-refractivity contribution < 1.29 is 4.79 Å². The van der Waals surface area contributed by atoms with E-state index in [1.165, 1.54) is 51.2 Å². The lowest BCUT2D eigenvalue weighted by Gasteiger charge is -2.20. The predicted molar refractivity (Wildman–Crippen MR) is 131 cm³/mol. The van der Waals surface area contributed by atoms with Gasteiger partial charge in [-0.2, -0.15) is 0 Å². The van der Waals surface area contributed by atoms with Gasteiger partial charge < -0.3 is 4.98 Å². The van der Waals surface area contributed by atoms with Crippen molar-refractivity contribution in [3.05, 3.63) is 43.9 Å². The average Bonchev–Trinajstić information content (AvgIpc) is 3.29. The number of carbonyl (C=O) groups excluding carboxylic acids is 1. The SMILES string of the molecule is O=C(Cc1c(Cl)ncnc1Cl)C1CCCCC1.O=c1[nH]cnc2sc(C3CCCCC3)nc12. The molecule has 3 aromatic heterocycles. The van der Waals surface area contributed by atoms with E-state index in [0.29, 0.717) is 17.0 Å². The van der Waals surface area contributed by atoms with Crippen LogP contribution in [-0.2, 0) is 11.2 Å². The summed E-state index contributed by atoms with van der Waals surface area (Å²) in [5.41, 5.74) is 0.947. The molecule has 1 N–H and O–H groups in total. The Morgan fingerprint density at radius 3 is 2.24 bits per heavy atom. The topological polar surface area (TPSA) is 101 Å². The highest BCUT2D eigenvalue weighted by Crippen LogP contribution is 2.35. The van der Waals surface area contributed by atoms with Crippen LogP contribution in [0.2, 0.25) is 10.3 Å². The minimum Gasteiger partial charge on any atom is -0.311 e. The Hall–Kier alpha value is -1.90. The molecule has 7 nitrogen and oxygen atoms in total. The third-order valence-corrected chi connectivity index (χ3v) is 8.20. The molecule has 3 heterocycles. The van der Waals surface area contributed by atoms with Gasteiger partial charge in [-0.05, 0) is 25.7 Å². The Morgan fingerprint density at radius 2 is 1.61 bits per heavy atom. The number of halogens is 2. The van der Waals surface area contributed by atoms with Crippen LogP contribution in [-0.4, -0.2) is 30.7 Å². The smallest absolute Gasteiger partial charge is 0.278 e. The maximum absolute atomic E-state index is 12.1. The van der Waals surface area contributed by atoms with E-state index in [4.69, 9.17) is 23.2 Å². The van der Waals surface area contributed by atoms with Crippen molar-refractivity contribution in [2.45, 2.75) is 76.5 Å². The number of nitrogens with one attached hydrogen (secondary N) is 1. The highest BCUT2D eigenvalue weighted by atomic mass is 35.5. The zero-order valence-electron chi connectivity index (χ0n) is 18.4. The number of nitrogens with zero attached hydrogens (tertiary/aromatic N) is 4. The van der Waals surface area contributed by atoms with Gasteiger partial charge >= 0.3 is 0 Å². The fourth-order valence-corrected chi connectivity index (χ4v) is 6.09. The molecule has 0 atom stereocenters. The molecule has 0 aliphatic heterocycles. The standard InChI is InChI=1S/C12H14Cl2N2O.C11H13N3OS/c13-11-9(12(14)16-7-15-11)6-10(17)8-4-2-1-3-5-8;15-9-8-11(13-6-12-9)16-10(14-8)7-4-2-1-3-5-7/h7-8H,1-6H2;6-7H,1-5H2,(H,12,13,15). The lowest BCUT2D eigenvalue weighted by molar-refractivity contribution is -0.123. The molecule has 0 unspecified atom stereocenters. The van der Waals surface area contributed by atoms with Gasteiger partial charge in [0.05, 0.1) is 11.3 Å². The molecule has 0 bridgehead atoms. The molecular weight excluding hydrogens is 481 g/mol. The van der Waals surface area contributed by atoms with E-state index in [0.717, 1.165) is 35.5 Å². The normalized spacial score (nSPS) is 17.5. The summed E-state index contributed by atoms with van der Waals surface area (Å²) in [6.45, 7) is 0. The van der Waals surface area contributed by atoms with E-state index in [1.54, 1.807) is 11.3 Å². The van der Waals surface area contributed by atoms with E-state index in [-0.39, 0.29) is 34.0 Å². The maximum atomic E-state index is 12.1. The third-order valence-electron chi connectivity index (χ3n) is 6.42. The molecule has 0 spiro atoms. The molecule has 10 heteroatoms. The summed E-state index contributed by atoms with van der Waals surface area (Å²) in [7, 11) is 0. The van der Waals surface area contributed by atoms with Crippen molar-refractivity contribution in [3.8, 4) is 0 Å². The first-order chi connectivity index (χ1) is 16.0. The largest absolute Gasteiger partial charge is 0.311 e. The molecular formula is C23H27Cl2N5O2S. The highest BCUT2D eigenvalue weighted by molar-refractivity contribution is 7.18. The molecule has 0 amide bonds. The fraction of sp³-hybridized carbons (Fsp3) is 0.565. The maximum Gasteiger partial charge on any atom is 0.278 e. The van der Waals surface area contributed by atoms with Crippen LogP contribution in [0.4, 0.5) is 0 Å². The van der Waals surface area contributed by atoms with E-state index in [9.17, 15) is 9.59 Å². The number of carbonyl (C=O) groups is 1. The van der Waals surface area contributed by atoms with Gasteiger partial charge in [0.25, 0.3) is 5.56 Å². The van der Waals surface area contributed by atoms with Crippen LogP contribution in [0.15, 0.2) is 17.4 Å². The zero-order chi connectivity index (χ0) is 23.2. The van der Waals surface area contributed by atoms with Crippen molar-refractivity contribution in [2.24, 2.45) is 5.92 Å². The van der Waals surface area contributed by atoms with Gasteiger partial charge in [-0.1, -0.05) is 73.1 Å². The molecule has 2 fully saturated rings. The second-order valence-electron chi connectivity index (χ2n) is 8.68. The summed E-state index contributed by atoms with van der Waals surface area (Å²) in [6.07, 6.45) is 14.8. The average molecular weight is 508 g/mol. The van der Waals surface area contributed by atoms with Crippen LogP contribution in [0.1, 0.15) is 80.7 Å². The molecule has 33 heavy (non-hydrogen) atoms. The minimum absolute atomic E-state index is 0.122. The molecule has 176 valence electrons. The number of fused-ring (bicyclic) bond motifs is 1. The van der Waals surface area contributed by atoms with Gasteiger partial charge in [0.2, 0.25) is 0 Å². The van der Waals surface area contributed by atoms with Crippen LogP contribution in [0, 0.1) is 5.92 Å². The molecule has 2 saturated carbocycles. The molecule has 0 radical (unpaired) electrons. The molecule has 5 rings (SSSR count). The number of thiazole rings is 1. The van der Waals surface area contributed by atoms with Crippen LogP contribution in [0.25, 0.3) is 10.3 Å². The number of rotatable bonds is 4. The van der Waals surface area contributed by atoms with Crippen LogP contribution < -0.4 is 5.56 Å². The van der Waals surface area contributed by atoms with Crippen molar-refractivity contribution in [1.29, 1.82) is 0 Å². The third kappa shape index (κ3) is 6.16. The monoisotopic (exact) mass is 507 g/mol. The summed E-state index contributed by atoms with van der Waals surface area (Å²) < 4.78 is 0. The zero-order valence-corrected chi connectivity index (χ0v) is 20.7. The van der Waals surface area contributed by atoms with Crippen LogP contribution >= 0.6 is 34.5 Å². The second kappa shape index (κ2) is 11.5. The quantitative estimate of drug-likeness (QED) is 0.440. The molecule has 0 saturated heterocycles. The van der Waals surface area contributed by atoms with Gasteiger partial charge in [0.15, 0.2) is 10.3 Å². The molecule has 0 aromatic carbocycles. The van der Waals surface area contributed by atoms with Crippen molar-refractivity contribution in [1.82, 2.24) is 24.9 Å². The number of aromatic amines is 1. The van der Waals surface area contributed by atoms with Crippen LogP contribution in [0.3, 0.4) is 0 Å². The Morgan fingerprint density at radius 1 is 0.970 bits per heavy atom. The first-order valence-corrected chi connectivity index (χ1v) is 13.1. The molecule has 2 aliphatic rings. The second-order valence-corrected chi connectivity index (χ2v) is 10.4. The summed E-state index contributed by atoms with van der Waals surface area (Å²) in [5.74, 6) is 0.923. The molecule has 2 aliphatic carbocycles. The Balaban J connectivity index is 0.000000157. The first-order valence-electron chi connectivity index (χ1n) is 11.5. The predicted octanol–water partition coefficient (Wildman–Crippen LogP) is 5.90. The van der Waals surface area contributed by atoms with Gasteiger partial charge in [-0.3, -0.25) is 9.59 Å². The first kappa shape index (κ1) is 24.2. The highest BCUT2D eigenvalue weighted by Gasteiger charge is 2.23. The Kier molecular flexibility index (Phi) is 8.44. The van der Waals surface area contributed by atoms with E-state index in [2.05, 4.69) is 24.9 Å². The Labute approximate surface area is 206 Å². The summed E-state index contributed by atoms with van der Waals surface area (Å²) in [5, 5.41) is 1.67. The number of aromatic nitrogens is 5. The summed E-state index contributed by atoms with van der Waals surface area (Å²) in [6, 6.07) is 0. The number of Topliss-reactive ketones (excluding diaryl/α,β-unsaturated/α-hetero) is 1. The summed E-state index contributed by atoms with van der Waals surface area (Å²) in [4.78, 5) is 43.3. The van der Waals surface area contributed by atoms with Crippen molar-refractivity contribution >= 4 is 50.7 Å². The van der Waals surface area contributed by atoms with E-state index in [1.807, 2.05) is 0 Å². The Bertz CT molecular complexity index is 1130. The molecule has 3 aromatic rings. The number of H-pyrrole nitrogens is 1. The van der Waals surface area contributed by atoms with Gasteiger partial charge in [-0.25, -0.2) is 19.9 Å². The van der Waals surface area contributed by atoms with Gasteiger partial charge in [0.1, 0.15) is 22.4 Å². The van der Waals surface area contributed by atoms with Crippen molar-refractivity contribution in [2.75, 3.05) is 0 Å². The summed E-state index contributed by atoms with van der Waals surface area (Å²) >= 11 is 13.4. The van der Waals surface area contributed by atoms with Crippen LogP contribution in [0.5, 0.6) is 0 Å². The number of hydrogen-bond acceptors (Lipinski definition) is 7. The van der Waals surface area contributed by atoms with E-state index < -0.39 is 0 Å². The lowest BCUT2D eigenvalue weighted by Crippen LogP contribution is -2.20. The lowest BCUT2D eigenvalue weighted by atomic mass is 9.84.